The summed E-state index contributed by atoms with van der Waals surface area (Å²) in [5.74, 6) is -0.228. The van der Waals surface area contributed by atoms with Crippen LogP contribution in [0.15, 0.2) is 42.5 Å². The maximum Gasteiger partial charge on any atom is 0.255 e. The lowest BCUT2D eigenvalue weighted by Crippen LogP contribution is -2.13. The SMILES string of the molecule is CC(=O)c1ccc(NC(=O)c2cc(Cl)ccc2C)cc1. The molecule has 0 fully saturated rings. The first-order valence-electron chi connectivity index (χ1n) is 6.16. The first-order valence-corrected chi connectivity index (χ1v) is 6.53. The van der Waals surface area contributed by atoms with E-state index in [9.17, 15) is 9.59 Å². The molecule has 2 aromatic carbocycles. The van der Waals surface area contributed by atoms with Crippen LogP contribution >= 0.6 is 11.6 Å². The van der Waals surface area contributed by atoms with Gasteiger partial charge in [0.2, 0.25) is 0 Å². The third-order valence-electron chi connectivity index (χ3n) is 2.99. The number of hydrogen-bond acceptors (Lipinski definition) is 2. The van der Waals surface area contributed by atoms with E-state index in [1.165, 1.54) is 6.92 Å². The van der Waals surface area contributed by atoms with Crippen LogP contribution in [0.2, 0.25) is 5.02 Å². The number of amides is 1. The van der Waals surface area contributed by atoms with Gasteiger partial charge in [-0.2, -0.15) is 0 Å². The van der Waals surface area contributed by atoms with Gasteiger partial charge in [0.25, 0.3) is 5.91 Å². The molecule has 0 heterocycles. The van der Waals surface area contributed by atoms with Gasteiger partial charge in [-0.3, -0.25) is 9.59 Å². The van der Waals surface area contributed by atoms with Gasteiger partial charge in [-0.05, 0) is 55.8 Å². The third kappa shape index (κ3) is 3.25. The van der Waals surface area contributed by atoms with Gasteiger partial charge >= 0.3 is 0 Å². The molecule has 0 unspecified atom stereocenters. The fraction of sp³-hybridized carbons (Fsp3) is 0.125. The molecular weight excluding hydrogens is 274 g/mol. The van der Waals surface area contributed by atoms with E-state index < -0.39 is 0 Å². The molecule has 3 nitrogen and oxygen atoms in total. The molecule has 0 spiro atoms. The Labute approximate surface area is 122 Å². The standard InChI is InChI=1S/C16H14ClNO2/c1-10-3-6-13(17)9-15(10)16(20)18-14-7-4-12(5-8-14)11(2)19/h3-9H,1-2H3,(H,18,20). The molecule has 1 amide bonds. The van der Waals surface area contributed by atoms with Crippen LogP contribution in [-0.2, 0) is 0 Å². The van der Waals surface area contributed by atoms with Crippen LogP contribution in [0, 0.1) is 6.92 Å². The summed E-state index contributed by atoms with van der Waals surface area (Å²) >= 11 is 5.90. The molecule has 0 aliphatic carbocycles. The largest absolute Gasteiger partial charge is 0.322 e. The Morgan fingerprint density at radius 2 is 1.70 bits per heavy atom. The summed E-state index contributed by atoms with van der Waals surface area (Å²) in [4.78, 5) is 23.3. The summed E-state index contributed by atoms with van der Waals surface area (Å²) in [7, 11) is 0. The number of aryl methyl sites for hydroxylation is 1. The van der Waals surface area contributed by atoms with Gasteiger partial charge in [0.15, 0.2) is 5.78 Å². The maximum atomic E-state index is 12.2. The highest BCUT2D eigenvalue weighted by Gasteiger charge is 2.10. The Morgan fingerprint density at radius 3 is 2.30 bits per heavy atom. The third-order valence-corrected chi connectivity index (χ3v) is 3.23. The van der Waals surface area contributed by atoms with Crippen LogP contribution in [0.25, 0.3) is 0 Å². The summed E-state index contributed by atoms with van der Waals surface area (Å²) in [5, 5.41) is 3.30. The fourth-order valence-electron chi connectivity index (χ4n) is 1.83. The van der Waals surface area contributed by atoms with Gasteiger partial charge < -0.3 is 5.32 Å². The number of carbonyl (C=O) groups excluding carboxylic acids is 2. The van der Waals surface area contributed by atoms with Gasteiger partial charge in [0, 0.05) is 21.8 Å². The number of Topliss-reactive ketones (excluding diaryl/α,β-unsaturated/α-hetero) is 1. The van der Waals surface area contributed by atoms with E-state index in [1.807, 2.05) is 6.92 Å². The second kappa shape index (κ2) is 5.88. The minimum atomic E-state index is -0.222. The smallest absolute Gasteiger partial charge is 0.255 e. The van der Waals surface area contributed by atoms with Crippen LogP contribution in [-0.4, -0.2) is 11.7 Å². The van der Waals surface area contributed by atoms with E-state index in [1.54, 1.807) is 42.5 Å². The Kier molecular flexibility index (Phi) is 4.20. The van der Waals surface area contributed by atoms with E-state index in [-0.39, 0.29) is 11.7 Å². The molecule has 0 aliphatic heterocycles. The lowest BCUT2D eigenvalue weighted by Gasteiger charge is -2.08. The number of benzene rings is 2. The zero-order valence-electron chi connectivity index (χ0n) is 11.2. The summed E-state index contributed by atoms with van der Waals surface area (Å²) in [6.45, 7) is 3.35. The number of rotatable bonds is 3. The molecular formula is C16H14ClNO2. The minimum absolute atomic E-state index is 0.00596. The highest BCUT2D eigenvalue weighted by atomic mass is 35.5. The summed E-state index contributed by atoms with van der Waals surface area (Å²) < 4.78 is 0. The van der Waals surface area contributed by atoms with Crippen molar-refractivity contribution < 1.29 is 9.59 Å². The van der Waals surface area contributed by atoms with Crippen molar-refractivity contribution in [2.75, 3.05) is 5.32 Å². The highest BCUT2D eigenvalue weighted by Crippen LogP contribution is 2.17. The molecule has 0 aromatic heterocycles. The molecule has 102 valence electrons. The summed E-state index contributed by atoms with van der Waals surface area (Å²) in [6, 6.07) is 12.0. The molecule has 0 atom stereocenters. The molecule has 20 heavy (non-hydrogen) atoms. The minimum Gasteiger partial charge on any atom is -0.322 e. The molecule has 2 rings (SSSR count). The number of hydrogen-bond donors (Lipinski definition) is 1. The van der Waals surface area contributed by atoms with E-state index in [0.29, 0.717) is 21.8 Å². The van der Waals surface area contributed by atoms with E-state index in [0.717, 1.165) is 5.56 Å². The van der Waals surface area contributed by atoms with Gasteiger partial charge in [0.1, 0.15) is 0 Å². The Balaban J connectivity index is 2.19. The van der Waals surface area contributed by atoms with Crippen LogP contribution in [0.5, 0.6) is 0 Å². The van der Waals surface area contributed by atoms with Crippen molar-refractivity contribution in [2.24, 2.45) is 0 Å². The first-order chi connectivity index (χ1) is 9.47. The van der Waals surface area contributed by atoms with Crippen molar-refractivity contribution in [1.82, 2.24) is 0 Å². The van der Waals surface area contributed by atoms with Gasteiger partial charge in [0.05, 0.1) is 0 Å². The Morgan fingerprint density at radius 1 is 1.05 bits per heavy atom. The molecule has 0 radical (unpaired) electrons. The van der Waals surface area contributed by atoms with Crippen molar-refractivity contribution in [2.45, 2.75) is 13.8 Å². The van der Waals surface area contributed by atoms with Crippen LogP contribution < -0.4 is 5.32 Å². The number of carbonyl (C=O) groups is 2. The van der Waals surface area contributed by atoms with Crippen LogP contribution in [0.4, 0.5) is 5.69 Å². The molecule has 0 aliphatic rings. The normalized spacial score (nSPS) is 10.2. The van der Waals surface area contributed by atoms with Crippen molar-refractivity contribution in [3.8, 4) is 0 Å². The average molecular weight is 288 g/mol. The van der Waals surface area contributed by atoms with E-state index >= 15 is 0 Å². The molecule has 2 aromatic rings. The van der Waals surface area contributed by atoms with Crippen LogP contribution in [0.1, 0.15) is 33.2 Å². The monoisotopic (exact) mass is 287 g/mol. The quantitative estimate of drug-likeness (QED) is 0.864. The summed E-state index contributed by atoms with van der Waals surface area (Å²) in [6.07, 6.45) is 0. The zero-order chi connectivity index (χ0) is 14.7. The Hall–Kier alpha value is -2.13. The van der Waals surface area contributed by atoms with Gasteiger partial charge in [-0.15, -0.1) is 0 Å². The highest BCUT2D eigenvalue weighted by molar-refractivity contribution is 6.31. The lowest BCUT2D eigenvalue weighted by atomic mass is 10.1. The Bertz CT molecular complexity index is 663. The van der Waals surface area contributed by atoms with Crippen molar-refractivity contribution in [3.63, 3.8) is 0 Å². The van der Waals surface area contributed by atoms with Crippen molar-refractivity contribution >= 4 is 29.0 Å². The predicted molar refractivity (Wildman–Crippen MR) is 80.6 cm³/mol. The topological polar surface area (TPSA) is 46.2 Å². The van der Waals surface area contributed by atoms with E-state index in [4.69, 9.17) is 11.6 Å². The number of anilines is 1. The number of ketones is 1. The first kappa shape index (κ1) is 14.3. The van der Waals surface area contributed by atoms with Crippen molar-refractivity contribution in [3.05, 3.63) is 64.2 Å². The number of nitrogens with one attached hydrogen (secondary N) is 1. The average Bonchev–Trinajstić information content (AvgIpc) is 2.42. The molecule has 0 saturated carbocycles. The second-order valence-corrected chi connectivity index (χ2v) is 4.98. The second-order valence-electron chi connectivity index (χ2n) is 4.55. The zero-order valence-corrected chi connectivity index (χ0v) is 12.0. The lowest BCUT2D eigenvalue weighted by molar-refractivity contribution is 0.101. The predicted octanol–water partition coefficient (Wildman–Crippen LogP) is 4.10. The summed E-state index contributed by atoms with van der Waals surface area (Å²) in [5.41, 5.74) is 2.64. The molecule has 1 N–H and O–H groups in total. The molecule has 0 bridgehead atoms. The molecule has 4 heteroatoms. The van der Waals surface area contributed by atoms with Gasteiger partial charge in [-0.25, -0.2) is 0 Å². The van der Waals surface area contributed by atoms with E-state index in [2.05, 4.69) is 5.32 Å². The van der Waals surface area contributed by atoms with Gasteiger partial charge in [-0.1, -0.05) is 17.7 Å². The van der Waals surface area contributed by atoms with Crippen molar-refractivity contribution in [1.29, 1.82) is 0 Å². The fourth-order valence-corrected chi connectivity index (χ4v) is 2.00. The maximum absolute atomic E-state index is 12.2. The number of halogens is 1. The van der Waals surface area contributed by atoms with Crippen LogP contribution in [0.3, 0.4) is 0 Å². The molecule has 0 saturated heterocycles.